The summed E-state index contributed by atoms with van der Waals surface area (Å²) in [6, 6.07) is 10.6. The lowest BCUT2D eigenvalue weighted by Crippen LogP contribution is -2.30. The smallest absolute Gasteiger partial charge is 0.321 e. The third kappa shape index (κ3) is 3.70. The summed E-state index contributed by atoms with van der Waals surface area (Å²) in [5.74, 6) is 0. The van der Waals surface area contributed by atoms with E-state index in [2.05, 4.69) is 10.3 Å². The quantitative estimate of drug-likeness (QED) is 0.828. The van der Waals surface area contributed by atoms with E-state index in [1.54, 1.807) is 48.6 Å². The van der Waals surface area contributed by atoms with Crippen molar-refractivity contribution < 1.29 is 4.79 Å². The van der Waals surface area contributed by atoms with Crippen LogP contribution in [0.2, 0.25) is 0 Å². The Balaban J connectivity index is 1.94. The zero-order valence-corrected chi connectivity index (χ0v) is 10.7. The fraction of sp³-hybridized carbons (Fsp3) is 0.143. The van der Waals surface area contributed by atoms with Gasteiger partial charge in [-0.15, -0.1) is 0 Å². The molecule has 19 heavy (non-hydrogen) atoms. The monoisotopic (exact) mass is 256 g/mol. The minimum atomic E-state index is -0.173. The molecule has 0 aliphatic rings. The van der Waals surface area contributed by atoms with Gasteiger partial charge in [-0.1, -0.05) is 6.07 Å². The predicted molar refractivity (Wildman–Crippen MR) is 75.6 cm³/mol. The lowest BCUT2D eigenvalue weighted by Gasteiger charge is -2.17. The standard InChI is InChI=1S/C14H16N4O/c1-18(10-11-3-2-8-16-9-11)14(19)17-13-6-4-12(15)5-7-13/h2-9H,10,15H2,1H3,(H,17,19). The number of nitrogens with one attached hydrogen (secondary N) is 1. The topological polar surface area (TPSA) is 71.2 Å². The van der Waals surface area contributed by atoms with Gasteiger partial charge in [-0.2, -0.15) is 0 Å². The summed E-state index contributed by atoms with van der Waals surface area (Å²) in [5, 5.41) is 2.80. The normalized spacial score (nSPS) is 9.95. The molecule has 0 saturated carbocycles. The van der Waals surface area contributed by atoms with E-state index in [9.17, 15) is 4.79 Å². The van der Waals surface area contributed by atoms with Crippen LogP contribution >= 0.6 is 0 Å². The number of benzene rings is 1. The summed E-state index contributed by atoms with van der Waals surface area (Å²) in [7, 11) is 1.74. The Morgan fingerprint density at radius 2 is 2.05 bits per heavy atom. The molecule has 0 radical (unpaired) electrons. The number of hydrogen-bond acceptors (Lipinski definition) is 3. The fourth-order valence-electron chi connectivity index (χ4n) is 1.62. The largest absolute Gasteiger partial charge is 0.399 e. The highest BCUT2D eigenvalue weighted by atomic mass is 16.2. The van der Waals surface area contributed by atoms with Gasteiger partial charge in [-0.3, -0.25) is 4.98 Å². The number of aromatic nitrogens is 1. The van der Waals surface area contributed by atoms with Crippen molar-refractivity contribution in [3.8, 4) is 0 Å². The molecule has 5 heteroatoms. The zero-order chi connectivity index (χ0) is 13.7. The predicted octanol–water partition coefficient (Wildman–Crippen LogP) is 2.33. The zero-order valence-electron chi connectivity index (χ0n) is 10.7. The molecule has 2 rings (SSSR count). The average molecular weight is 256 g/mol. The van der Waals surface area contributed by atoms with Crippen molar-refractivity contribution in [1.29, 1.82) is 0 Å². The maximum atomic E-state index is 12.0. The number of rotatable bonds is 3. The lowest BCUT2D eigenvalue weighted by molar-refractivity contribution is 0.220. The van der Waals surface area contributed by atoms with Crippen LogP contribution < -0.4 is 11.1 Å². The molecule has 0 aliphatic carbocycles. The van der Waals surface area contributed by atoms with Crippen LogP contribution in [-0.2, 0) is 6.54 Å². The second kappa shape index (κ2) is 5.86. The highest BCUT2D eigenvalue weighted by Crippen LogP contribution is 2.11. The minimum absolute atomic E-state index is 0.173. The van der Waals surface area contributed by atoms with Crippen LogP contribution in [-0.4, -0.2) is 23.0 Å². The summed E-state index contributed by atoms with van der Waals surface area (Å²) in [6.45, 7) is 0.509. The molecular formula is C14H16N4O. The highest BCUT2D eigenvalue weighted by Gasteiger charge is 2.09. The molecule has 1 aromatic heterocycles. The fourth-order valence-corrected chi connectivity index (χ4v) is 1.62. The molecular weight excluding hydrogens is 240 g/mol. The first-order valence-corrected chi connectivity index (χ1v) is 5.92. The molecule has 1 aromatic carbocycles. The van der Waals surface area contributed by atoms with E-state index in [0.717, 1.165) is 11.3 Å². The van der Waals surface area contributed by atoms with E-state index in [1.165, 1.54) is 0 Å². The number of pyridine rings is 1. The molecule has 0 spiro atoms. The SMILES string of the molecule is CN(Cc1cccnc1)C(=O)Nc1ccc(N)cc1. The van der Waals surface area contributed by atoms with E-state index < -0.39 is 0 Å². The van der Waals surface area contributed by atoms with Crippen LogP contribution in [0.5, 0.6) is 0 Å². The molecule has 2 amide bonds. The summed E-state index contributed by atoms with van der Waals surface area (Å²) in [4.78, 5) is 17.6. The van der Waals surface area contributed by atoms with Crippen molar-refractivity contribution in [2.45, 2.75) is 6.54 Å². The first-order valence-electron chi connectivity index (χ1n) is 5.92. The first kappa shape index (κ1) is 12.9. The van der Waals surface area contributed by atoms with Gasteiger partial charge in [0, 0.05) is 37.4 Å². The number of nitrogens with two attached hydrogens (primary N) is 1. The Morgan fingerprint density at radius 1 is 1.32 bits per heavy atom. The summed E-state index contributed by atoms with van der Waals surface area (Å²) >= 11 is 0. The lowest BCUT2D eigenvalue weighted by atomic mass is 10.2. The van der Waals surface area contributed by atoms with Crippen molar-refractivity contribution in [2.75, 3.05) is 18.1 Å². The number of carbonyl (C=O) groups excluding carboxylic acids is 1. The van der Waals surface area contributed by atoms with Crippen LogP contribution in [0.4, 0.5) is 16.2 Å². The maximum absolute atomic E-state index is 12.0. The molecule has 2 aromatic rings. The molecule has 0 bridgehead atoms. The Bertz CT molecular complexity index is 539. The Kier molecular flexibility index (Phi) is 3.97. The van der Waals surface area contributed by atoms with E-state index in [-0.39, 0.29) is 6.03 Å². The van der Waals surface area contributed by atoms with Crippen molar-refractivity contribution >= 4 is 17.4 Å². The Hall–Kier alpha value is -2.56. The van der Waals surface area contributed by atoms with Crippen molar-refractivity contribution in [3.05, 3.63) is 54.4 Å². The highest BCUT2D eigenvalue weighted by molar-refractivity contribution is 5.89. The van der Waals surface area contributed by atoms with Gasteiger partial charge in [0.15, 0.2) is 0 Å². The van der Waals surface area contributed by atoms with Crippen molar-refractivity contribution in [3.63, 3.8) is 0 Å². The number of amides is 2. The minimum Gasteiger partial charge on any atom is -0.399 e. The van der Waals surface area contributed by atoms with Gasteiger partial charge in [0.05, 0.1) is 0 Å². The molecule has 1 heterocycles. The second-order valence-electron chi connectivity index (χ2n) is 4.27. The van der Waals surface area contributed by atoms with Crippen LogP contribution in [0, 0.1) is 0 Å². The van der Waals surface area contributed by atoms with Gasteiger partial charge >= 0.3 is 6.03 Å². The van der Waals surface area contributed by atoms with Crippen LogP contribution in [0.25, 0.3) is 0 Å². The average Bonchev–Trinajstić information content (AvgIpc) is 2.42. The van der Waals surface area contributed by atoms with Gasteiger partial charge in [0.2, 0.25) is 0 Å². The van der Waals surface area contributed by atoms with Gasteiger partial charge in [0.1, 0.15) is 0 Å². The maximum Gasteiger partial charge on any atom is 0.321 e. The van der Waals surface area contributed by atoms with E-state index in [4.69, 9.17) is 5.73 Å². The van der Waals surface area contributed by atoms with Gasteiger partial charge in [-0.05, 0) is 35.9 Å². The molecule has 0 unspecified atom stereocenters. The van der Waals surface area contributed by atoms with Crippen LogP contribution in [0.1, 0.15) is 5.56 Å². The van der Waals surface area contributed by atoms with E-state index in [1.807, 2.05) is 12.1 Å². The van der Waals surface area contributed by atoms with Crippen molar-refractivity contribution in [1.82, 2.24) is 9.88 Å². The summed E-state index contributed by atoms with van der Waals surface area (Å²) < 4.78 is 0. The van der Waals surface area contributed by atoms with Crippen LogP contribution in [0.3, 0.4) is 0 Å². The number of nitrogens with zero attached hydrogens (tertiary/aromatic N) is 2. The summed E-state index contributed by atoms with van der Waals surface area (Å²) in [5.41, 5.74) is 7.96. The first-order chi connectivity index (χ1) is 9.15. The molecule has 0 atom stereocenters. The molecule has 5 nitrogen and oxygen atoms in total. The molecule has 3 N–H and O–H groups in total. The van der Waals surface area contributed by atoms with E-state index >= 15 is 0 Å². The molecule has 0 fully saturated rings. The number of nitrogen functional groups attached to an aromatic ring is 1. The summed E-state index contributed by atoms with van der Waals surface area (Å²) in [6.07, 6.45) is 3.45. The molecule has 0 saturated heterocycles. The third-order valence-corrected chi connectivity index (χ3v) is 2.65. The molecule has 98 valence electrons. The number of anilines is 2. The van der Waals surface area contributed by atoms with Crippen molar-refractivity contribution in [2.24, 2.45) is 0 Å². The van der Waals surface area contributed by atoms with Gasteiger partial charge in [-0.25, -0.2) is 4.79 Å². The van der Waals surface area contributed by atoms with E-state index in [0.29, 0.717) is 12.2 Å². The second-order valence-corrected chi connectivity index (χ2v) is 4.27. The molecule has 0 aliphatic heterocycles. The van der Waals surface area contributed by atoms with Gasteiger partial charge < -0.3 is 16.0 Å². The number of carbonyl (C=O) groups is 1. The Morgan fingerprint density at radius 3 is 2.68 bits per heavy atom. The Labute approximate surface area is 112 Å². The third-order valence-electron chi connectivity index (χ3n) is 2.65. The number of hydrogen-bond donors (Lipinski definition) is 2. The van der Waals surface area contributed by atoms with Crippen LogP contribution in [0.15, 0.2) is 48.8 Å². The number of urea groups is 1. The van der Waals surface area contributed by atoms with Gasteiger partial charge in [0.25, 0.3) is 0 Å².